The summed E-state index contributed by atoms with van der Waals surface area (Å²) in [6.07, 6.45) is 13.0. The Balaban J connectivity index is 4.10. The minimum absolute atomic E-state index is 0.717. The zero-order chi connectivity index (χ0) is 12.4. The fraction of sp³-hybridized carbons (Fsp3) is 0.750. The molecule has 0 rings (SSSR count). The van der Waals surface area contributed by atoms with Crippen LogP contribution < -0.4 is 0 Å². The monoisotopic (exact) mass is 222 g/mol. The van der Waals surface area contributed by atoms with Crippen molar-refractivity contribution < 1.29 is 0 Å². The van der Waals surface area contributed by atoms with Gasteiger partial charge in [-0.3, -0.25) is 0 Å². The molecule has 0 fully saturated rings. The highest BCUT2D eigenvalue weighted by Crippen LogP contribution is 2.25. The molecule has 0 aliphatic heterocycles. The SMILES string of the molecule is C=CCC(CC(C)C=CCC)CC(C)CC. The van der Waals surface area contributed by atoms with Gasteiger partial charge < -0.3 is 0 Å². The Morgan fingerprint density at radius 1 is 1.12 bits per heavy atom. The van der Waals surface area contributed by atoms with Crippen molar-refractivity contribution in [2.24, 2.45) is 17.8 Å². The molecule has 0 nitrogen and oxygen atoms in total. The molecular formula is C16H30. The van der Waals surface area contributed by atoms with Crippen molar-refractivity contribution in [3.8, 4) is 0 Å². The molecule has 3 atom stereocenters. The van der Waals surface area contributed by atoms with Crippen molar-refractivity contribution in [3.05, 3.63) is 24.8 Å². The molecule has 0 amide bonds. The van der Waals surface area contributed by atoms with Gasteiger partial charge in [-0.15, -0.1) is 6.58 Å². The molecule has 16 heavy (non-hydrogen) atoms. The summed E-state index contributed by atoms with van der Waals surface area (Å²) in [7, 11) is 0. The third-order valence-corrected chi connectivity index (χ3v) is 3.34. The van der Waals surface area contributed by atoms with Gasteiger partial charge in [0.1, 0.15) is 0 Å². The average molecular weight is 222 g/mol. The van der Waals surface area contributed by atoms with Gasteiger partial charge in [0.05, 0.1) is 0 Å². The average Bonchev–Trinajstić information content (AvgIpc) is 2.26. The van der Waals surface area contributed by atoms with E-state index in [0.29, 0.717) is 5.92 Å². The first-order valence-electron chi connectivity index (χ1n) is 6.91. The molecular weight excluding hydrogens is 192 g/mol. The molecule has 0 saturated heterocycles. The minimum Gasteiger partial charge on any atom is -0.103 e. The van der Waals surface area contributed by atoms with Crippen molar-refractivity contribution in [2.45, 2.75) is 59.8 Å². The van der Waals surface area contributed by atoms with Gasteiger partial charge in [-0.1, -0.05) is 52.3 Å². The van der Waals surface area contributed by atoms with Crippen LogP contribution in [0.3, 0.4) is 0 Å². The first kappa shape index (κ1) is 15.5. The maximum atomic E-state index is 3.89. The van der Waals surface area contributed by atoms with Crippen LogP contribution in [-0.2, 0) is 0 Å². The minimum atomic E-state index is 0.717. The molecule has 0 aliphatic rings. The summed E-state index contributed by atoms with van der Waals surface area (Å²) in [5, 5.41) is 0. The Morgan fingerprint density at radius 3 is 2.31 bits per heavy atom. The van der Waals surface area contributed by atoms with Crippen molar-refractivity contribution >= 4 is 0 Å². The summed E-state index contributed by atoms with van der Waals surface area (Å²) in [6.45, 7) is 13.1. The van der Waals surface area contributed by atoms with Crippen LogP contribution in [0.5, 0.6) is 0 Å². The van der Waals surface area contributed by atoms with Gasteiger partial charge in [-0.05, 0) is 43.4 Å². The molecule has 0 heteroatoms. The van der Waals surface area contributed by atoms with Crippen molar-refractivity contribution in [1.29, 1.82) is 0 Å². The van der Waals surface area contributed by atoms with Gasteiger partial charge in [0.2, 0.25) is 0 Å². The first-order valence-corrected chi connectivity index (χ1v) is 6.91. The van der Waals surface area contributed by atoms with Gasteiger partial charge in [-0.25, -0.2) is 0 Å². The first-order chi connectivity index (χ1) is 7.63. The Morgan fingerprint density at radius 2 is 1.81 bits per heavy atom. The Labute approximate surface area is 103 Å². The highest BCUT2D eigenvalue weighted by Gasteiger charge is 2.13. The highest BCUT2D eigenvalue weighted by atomic mass is 14.2. The predicted octanol–water partition coefficient (Wildman–Crippen LogP) is 5.61. The zero-order valence-electron chi connectivity index (χ0n) is 11.7. The third-order valence-electron chi connectivity index (χ3n) is 3.34. The van der Waals surface area contributed by atoms with Crippen LogP contribution in [0.15, 0.2) is 24.8 Å². The lowest BCUT2D eigenvalue weighted by Crippen LogP contribution is -2.09. The predicted molar refractivity (Wildman–Crippen MR) is 75.6 cm³/mol. The van der Waals surface area contributed by atoms with Crippen molar-refractivity contribution in [3.63, 3.8) is 0 Å². The van der Waals surface area contributed by atoms with Gasteiger partial charge >= 0.3 is 0 Å². The lowest BCUT2D eigenvalue weighted by molar-refractivity contribution is 0.341. The third kappa shape index (κ3) is 7.73. The van der Waals surface area contributed by atoms with Gasteiger partial charge in [0.15, 0.2) is 0 Å². The number of allylic oxidation sites excluding steroid dienone is 3. The normalized spacial score (nSPS) is 17.2. The van der Waals surface area contributed by atoms with E-state index in [0.717, 1.165) is 18.3 Å². The fourth-order valence-corrected chi connectivity index (χ4v) is 2.23. The maximum absolute atomic E-state index is 3.89. The van der Waals surface area contributed by atoms with Crippen LogP contribution >= 0.6 is 0 Å². The quantitative estimate of drug-likeness (QED) is 0.445. The van der Waals surface area contributed by atoms with E-state index >= 15 is 0 Å². The molecule has 3 unspecified atom stereocenters. The van der Waals surface area contributed by atoms with Crippen LogP contribution in [0.25, 0.3) is 0 Å². The second-order valence-electron chi connectivity index (χ2n) is 5.19. The summed E-state index contributed by atoms with van der Waals surface area (Å²) in [5.41, 5.74) is 0. The molecule has 0 N–H and O–H groups in total. The van der Waals surface area contributed by atoms with E-state index in [-0.39, 0.29) is 0 Å². The maximum Gasteiger partial charge on any atom is -0.0259 e. The van der Waals surface area contributed by atoms with E-state index in [1.165, 1.54) is 25.7 Å². The topological polar surface area (TPSA) is 0 Å². The van der Waals surface area contributed by atoms with Crippen molar-refractivity contribution in [2.75, 3.05) is 0 Å². The lowest BCUT2D eigenvalue weighted by atomic mass is 9.85. The van der Waals surface area contributed by atoms with E-state index in [9.17, 15) is 0 Å². The molecule has 0 aromatic heterocycles. The number of rotatable bonds is 9. The molecule has 0 bridgehead atoms. The van der Waals surface area contributed by atoms with E-state index in [1.807, 2.05) is 0 Å². The summed E-state index contributed by atoms with van der Waals surface area (Å²) < 4.78 is 0. The van der Waals surface area contributed by atoms with Gasteiger partial charge in [0.25, 0.3) is 0 Å². The summed E-state index contributed by atoms with van der Waals surface area (Å²) in [4.78, 5) is 0. The highest BCUT2D eigenvalue weighted by molar-refractivity contribution is 4.87. The van der Waals surface area contributed by atoms with E-state index in [4.69, 9.17) is 0 Å². The molecule has 0 aromatic rings. The smallest absolute Gasteiger partial charge is 0.0259 e. The van der Waals surface area contributed by atoms with Gasteiger partial charge in [-0.2, -0.15) is 0 Å². The standard InChI is InChI=1S/C16H30/c1-6-9-11-15(5)13-16(10-7-2)12-14(4)8-3/h7,9,11,14-16H,2,6,8,10,12-13H2,1,3-5H3. The second-order valence-corrected chi connectivity index (χ2v) is 5.19. The van der Waals surface area contributed by atoms with Crippen LogP contribution in [0, 0.1) is 17.8 Å². The van der Waals surface area contributed by atoms with Crippen LogP contribution in [-0.4, -0.2) is 0 Å². The lowest BCUT2D eigenvalue weighted by Gasteiger charge is -2.21. The van der Waals surface area contributed by atoms with Crippen LogP contribution in [0.1, 0.15) is 59.8 Å². The number of hydrogen-bond acceptors (Lipinski definition) is 0. The Bertz CT molecular complexity index is 190. The summed E-state index contributed by atoms with van der Waals surface area (Å²) in [5.74, 6) is 2.39. The second kappa shape index (κ2) is 9.69. The van der Waals surface area contributed by atoms with Crippen LogP contribution in [0.2, 0.25) is 0 Å². The fourth-order valence-electron chi connectivity index (χ4n) is 2.23. The Hall–Kier alpha value is -0.520. The summed E-state index contributed by atoms with van der Waals surface area (Å²) in [6, 6.07) is 0. The zero-order valence-corrected chi connectivity index (χ0v) is 11.7. The van der Waals surface area contributed by atoms with E-state index < -0.39 is 0 Å². The number of hydrogen-bond donors (Lipinski definition) is 0. The molecule has 94 valence electrons. The molecule has 0 heterocycles. The van der Waals surface area contributed by atoms with E-state index in [1.54, 1.807) is 0 Å². The summed E-state index contributed by atoms with van der Waals surface area (Å²) >= 11 is 0. The molecule has 0 radical (unpaired) electrons. The van der Waals surface area contributed by atoms with E-state index in [2.05, 4.69) is 52.5 Å². The molecule has 0 aromatic carbocycles. The molecule has 0 saturated carbocycles. The largest absolute Gasteiger partial charge is 0.103 e. The Kier molecular flexibility index (Phi) is 9.37. The molecule has 0 spiro atoms. The molecule has 0 aliphatic carbocycles. The van der Waals surface area contributed by atoms with Gasteiger partial charge in [0, 0.05) is 0 Å². The van der Waals surface area contributed by atoms with Crippen molar-refractivity contribution in [1.82, 2.24) is 0 Å². The van der Waals surface area contributed by atoms with Crippen LogP contribution in [0.4, 0.5) is 0 Å².